The van der Waals surface area contributed by atoms with Gasteiger partial charge in [0.05, 0.1) is 39.4 Å². The van der Waals surface area contributed by atoms with Gasteiger partial charge in [0.2, 0.25) is 0 Å². The van der Waals surface area contributed by atoms with E-state index in [4.69, 9.17) is 9.47 Å². The van der Waals surface area contributed by atoms with Gasteiger partial charge in [-0.25, -0.2) is 0 Å². The highest BCUT2D eigenvalue weighted by Gasteiger charge is 2.37. The Bertz CT molecular complexity index is 592. The number of methoxy groups -OCH3 is 2. The Kier molecular flexibility index (Phi) is 2.54. The molecule has 0 bridgehead atoms. The molecule has 0 saturated carbocycles. The van der Waals surface area contributed by atoms with Gasteiger partial charge in [0.15, 0.2) is 0 Å². The van der Waals surface area contributed by atoms with Crippen LogP contribution in [-0.4, -0.2) is 28.3 Å². The minimum absolute atomic E-state index is 0.749. The van der Waals surface area contributed by atoms with Crippen molar-refractivity contribution in [3.63, 3.8) is 0 Å². The first-order valence-electron chi connectivity index (χ1n) is 6.29. The van der Waals surface area contributed by atoms with Crippen molar-refractivity contribution in [2.24, 2.45) is 0 Å². The molecular formula is C16H18NO2+. The maximum atomic E-state index is 5.34. The van der Waals surface area contributed by atoms with Crippen molar-refractivity contribution in [1.29, 1.82) is 0 Å². The molecule has 0 fully saturated rings. The molecule has 0 atom stereocenters. The third-order valence-electron chi connectivity index (χ3n) is 3.90. The lowest BCUT2D eigenvalue weighted by atomic mass is 10.1. The highest BCUT2D eigenvalue weighted by Crippen LogP contribution is 2.52. The van der Waals surface area contributed by atoms with Crippen LogP contribution in [0.3, 0.4) is 0 Å². The summed E-state index contributed by atoms with van der Waals surface area (Å²) >= 11 is 0. The number of hydrogen-bond donors (Lipinski definition) is 0. The number of fused-ring (bicyclic) bond motifs is 3. The lowest BCUT2D eigenvalue weighted by Crippen LogP contribution is -2.31. The summed E-state index contributed by atoms with van der Waals surface area (Å²) in [6.45, 7) is 0. The van der Waals surface area contributed by atoms with Crippen molar-refractivity contribution in [2.45, 2.75) is 0 Å². The summed E-state index contributed by atoms with van der Waals surface area (Å²) < 4.78 is 11.4. The highest BCUT2D eigenvalue weighted by molar-refractivity contribution is 5.95. The lowest BCUT2D eigenvalue weighted by Gasteiger charge is -2.24. The zero-order valence-electron chi connectivity index (χ0n) is 11.7. The van der Waals surface area contributed by atoms with Gasteiger partial charge in [0.1, 0.15) is 22.9 Å². The lowest BCUT2D eigenvalue weighted by molar-refractivity contribution is 0.414. The molecule has 0 N–H and O–H groups in total. The van der Waals surface area contributed by atoms with Gasteiger partial charge in [-0.2, -0.15) is 0 Å². The molecule has 0 radical (unpaired) electrons. The Morgan fingerprint density at radius 2 is 1.16 bits per heavy atom. The van der Waals surface area contributed by atoms with Crippen LogP contribution in [0.1, 0.15) is 0 Å². The predicted molar refractivity (Wildman–Crippen MR) is 78.3 cm³/mol. The van der Waals surface area contributed by atoms with Crippen LogP contribution in [0.15, 0.2) is 36.4 Å². The quantitative estimate of drug-likeness (QED) is 0.765. The van der Waals surface area contributed by atoms with Crippen LogP contribution in [0.25, 0.3) is 11.1 Å². The molecule has 0 unspecified atom stereocenters. The van der Waals surface area contributed by atoms with Gasteiger partial charge in [0, 0.05) is 12.1 Å². The molecule has 3 heteroatoms. The summed E-state index contributed by atoms with van der Waals surface area (Å²) in [7, 11) is 7.79. The summed E-state index contributed by atoms with van der Waals surface area (Å²) in [6.07, 6.45) is 0. The standard InChI is InChI=1S/C16H18NO2/c1-17(2)15-7-5-11(18-3)9-13(15)14-10-12(19-4)6-8-16(14)17/h5-10H,1-4H3/q+1. The van der Waals surface area contributed by atoms with E-state index in [0.717, 1.165) is 16.0 Å². The molecule has 2 aromatic rings. The van der Waals surface area contributed by atoms with Crippen LogP contribution in [-0.2, 0) is 0 Å². The van der Waals surface area contributed by atoms with Crippen molar-refractivity contribution in [3.8, 4) is 22.6 Å². The monoisotopic (exact) mass is 256 g/mol. The Labute approximate surface area is 113 Å². The number of rotatable bonds is 2. The Hall–Kier alpha value is -2.00. The molecule has 3 rings (SSSR count). The number of benzene rings is 2. The van der Waals surface area contributed by atoms with Crippen molar-refractivity contribution >= 4 is 11.4 Å². The second kappa shape index (κ2) is 4.00. The van der Waals surface area contributed by atoms with Crippen molar-refractivity contribution in [3.05, 3.63) is 36.4 Å². The summed E-state index contributed by atoms with van der Waals surface area (Å²) in [5.41, 5.74) is 5.00. The fraction of sp³-hybridized carbons (Fsp3) is 0.250. The summed E-state index contributed by atoms with van der Waals surface area (Å²) in [6, 6.07) is 12.5. The minimum atomic E-state index is 0.749. The maximum Gasteiger partial charge on any atom is 0.145 e. The first-order valence-corrected chi connectivity index (χ1v) is 6.29. The Morgan fingerprint density at radius 3 is 1.53 bits per heavy atom. The third-order valence-corrected chi connectivity index (χ3v) is 3.90. The molecule has 98 valence electrons. The smallest absolute Gasteiger partial charge is 0.145 e. The van der Waals surface area contributed by atoms with E-state index >= 15 is 0 Å². The van der Waals surface area contributed by atoms with Crippen LogP contribution in [0.5, 0.6) is 11.5 Å². The average Bonchev–Trinajstić information content (AvgIpc) is 2.66. The van der Waals surface area contributed by atoms with Crippen LogP contribution >= 0.6 is 0 Å². The van der Waals surface area contributed by atoms with Gasteiger partial charge < -0.3 is 9.47 Å². The van der Waals surface area contributed by atoms with Gasteiger partial charge in [-0.1, -0.05) is 0 Å². The first-order chi connectivity index (χ1) is 9.07. The van der Waals surface area contributed by atoms with E-state index < -0.39 is 0 Å². The molecule has 0 aliphatic carbocycles. The van der Waals surface area contributed by atoms with E-state index in [1.807, 2.05) is 12.1 Å². The highest BCUT2D eigenvalue weighted by atomic mass is 16.5. The number of hydrogen-bond acceptors (Lipinski definition) is 2. The molecule has 19 heavy (non-hydrogen) atoms. The fourth-order valence-corrected chi connectivity index (χ4v) is 2.82. The second-order valence-corrected chi connectivity index (χ2v) is 5.22. The van der Waals surface area contributed by atoms with E-state index in [0.29, 0.717) is 0 Å². The molecule has 2 aromatic carbocycles. The summed E-state index contributed by atoms with van der Waals surface area (Å²) in [4.78, 5) is 0. The molecule has 0 spiro atoms. The van der Waals surface area contributed by atoms with Gasteiger partial charge in [-0.15, -0.1) is 0 Å². The van der Waals surface area contributed by atoms with Crippen LogP contribution in [0, 0.1) is 0 Å². The molecular weight excluding hydrogens is 238 g/mol. The van der Waals surface area contributed by atoms with Crippen LogP contribution in [0.2, 0.25) is 0 Å². The molecule has 1 heterocycles. The minimum Gasteiger partial charge on any atom is -0.497 e. The van der Waals surface area contributed by atoms with Crippen molar-refractivity contribution in [2.75, 3.05) is 28.3 Å². The maximum absolute atomic E-state index is 5.34. The molecule has 3 nitrogen and oxygen atoms in total. The number of quaternary nitrogens is 1. The number of ether oxygens (including phenoxy) is 2. The van der Waals surface area contributed by atoms with Gasteiger partial charge in [0.25, 0.3) is 0 Å². The Morgan fingerprint density at radius 1 is 0.737 bits per heavy atom. The summed E-state index contributed by atoms with van der Waals surface area (Å²) in [5, 5.41) is 0. The van der Waals surface area contributed by atoms with E-state index in [2.05, 4.69) is 38.4 Å². The van der Waals surface area contributed by atoms with E-state index in [1.54, 1.807) is 14.2 Å². The molecule has 1 aliphatic rings. The second-order valence-electron chi connectivity index (χ2n) is 5.22. The molecule has 0 aromatic heterocycles. The van der Waals surface area contributed by atoms with Gasteiger partial charge in [-0.3, -0.25) is 4.48 Å². The molecule has 0 saturated heterocycles. The first kappa shape index (κ1) is 12.1. The van der Waals surface area contributed by atoms with E-state index in [9.17, 15) is 0 Å². The zero-order chi connectivity index (χ0) is 13.6. The van der Waals surface area contributed by atoms with E-state index in [1.165, 1.54) is 22.5 Å². The molecule has 0 amide bonds. The third kappa shape index (κ3) is 1.62. The predicted octanol–water partition coefficient (Wildman–Crippen LogP) is 3.58. The fourth-order valence-electron chi connectivity index (χ4n) is 2.82. The van der Waals surface area contributed by atoms with Crippen LogP contribution in [0.4, 0.5) is 11.4 Å². The molecule has 1 aliphatic heterocycles. The van der Waals surface area contributed by atoms with Crippen molar-refractivity contribution < 1.29 is 9.47 Å². The van der Waals surface area contributed by atoms with E-state index in [-0.39, 0.29) is 0 Å². The average molecular weight is 256 g/mol. The topological polar surface area (TPSA) is 18.5 Å². The largest absolute Gasteiger partial charge is 0.497 e. The number of nitrogens with zero attached hydrogens (tertiary/aromatic N) is 1. The zero-order valence-corrected chi connectivity index (χ0v) is 11.7. The summed E-state index contributed by atoms with van der Waals surface area (Å²) in [5.74, 6) is 1.77. The van der Waals surface area contributed by atoms with Crippen LogP contribution < -0.4 is 14.0 Å². The van der Waals surface area contributed by atoms with Crippen molar-refractivity contribution in [1.82, 2.24) is 4.48 Å². The normalized spacial score (nSPS) is 14.7. The van der Waals surface area contributed by atoms with Gasteiger partial charge in [-0.05, 0) is 24.3 Å². The SMILES string of the molecule is COc1ccc2c(c1)-c1cc(OC)ccc1[N+]2(C)C. The Balaban J connectivity index is 2.29. The van der Waals surface area contributed by atoms with Gasteiger partial charge >= 0.3 is 0 Å².